The number of carbonyl (C=O) groups excluding carboxylic acids is 1. The third-order valence-corrected chi connectivity index (χ3v) is 3.52. The van der Waals surface area contributed by atoms with Gasteiger partial charge in [-0.3, -0.25) is 4.79 Å². The van der Waals surface area contributed by atoms with Gasteiger partial charge in [-0.1, -0.05) is 36.5 Å². The average molecular weight is 354 g/mol. The molecular formula is C16H17Cl2N3O2. The SMILES string of the molecule is CCCC(N)C(=O)Nc1ccc(Oc2ncc(Cl)cc2Cl)cc1. The second kappa shape index (κ2) is 8.15. The van der Waals surface area contributed by atoms with Gasteiger partial charge in [-0.2, -0.15) is 0 Å². The number of anilines is 1. The summed E-state index contributed by atoms with van der Waals surface area (Å²) < 4.78 is 5.57. The van der Waals surface area contributed by atoms with Crippen molar-refractivity contribution in [1.29, 1.82) is 0 Å². The van der Waals surface area contributed by atoms with Crippen LogP contribution in [0.5, 0.6) is 11.6 Å². The van der Waals surface area contributed by atoms with Crippen LogP contribution in [-0.2, 0) is 4.79 Å². The molecule has 7 heteroatoms. The summed E-state index contributed by atoms with van der Waals surface area (Å²) in [5, 5.41) is 3.51. The summed E-state index contributed by atoms with van der Waals surface area (Å²) in [5.41, 5.74) is 6.41. The minimum Gasteiger partial charge on any atom is -0.438 e. The van der Waals surface area contributed by atoms with Crippen molar-refractivity contribution in [1.82, 2.24) is 4.98 Å². The van der Waals surface area contributed by atoms with E-state index >= 15 is 0 Å². The molecule has 0 saturated heterocycles. The second-order valence-corrected chi connectivity index (χ2v) is 5.80. The van der Waals surface area contributed by atoms with Gasteiger partial charge in [0.05, 0.1) is 11.1 Å². The molecule has 0 aliphatic rings. The molecule has 0 aliphatic heterocycles. The van der Waals surface area contributed by atoms with Gasteiger partial charge in [-0.05, 0) is 36.8 Å². The molecule has 0 radical (unpaired) electrons. The first-order valence-electron chi connectivity index (χ1n) is 7.15. The van der Waals surface area contributed by atoms with Crippen molar-refractivity contribution < 1.29 is 9.53 Å². The van der Waals surface area contributed by atoms with E-state index in [1.807, 2.05) is 6.92 Å². The topological polar surface area (TPSA) is 77.2 Å². The van der Waals surface area contributed by atoms with E-state index in [0.717, 1.165) is 6.42 Å². The average Bonchev–Trinajstić information content (AvgIpc) is 2.52. The molecule has 0 fully saturated rings. The number of nitrogens with zero attached hydrogens (tertiary/aromatic N) is 1. The first-order valence-corrected chi connectivity index (χ1v) is 7.90. The Bertz CT molecular complexity index is 678. The number of nitrogens with two attached hydrogens (primary N) is 1. The van der Waals surface area contributed by atoms with Gasteiger partial charge < -0.3 is 15.8 Å². The Morgan fingerprint density at radius 2 is 2.04 bits per heavy atom. The second-order valence-electron chi connectivity index (χ2n) is 4.95. The van der Waals surface area contributed by atoms with E-state index in [2.05, 4.69) is 10.3 Å². The fourth-order valence-corrected chi connectivity index (χ4v) is 2.29. The minimum absolute atomic E-state index is 0.206. The molecule has 5 nitrogen and oxygen atoms in total. The van der Waals surface area contributed by atoms with Gasteiger partial charge in [-0.25, -0.2) is 4.98 Å². The molecular weight excluding hydrogens is 337 g/mol. The van der Waals surface area contributed by atoms with Crippen molar-refractivity contribution in [3.8, 4) is 11.6 Å². The lowest BCUT2D eigenvalue weighted by atomic mass is 10.1. The van der Waals surface area contributed by atoms with Crippen LogP contribution < -0.4 is 15.8 Å². The minimum atomic E-state index is -0.506. The van der Waals surface area contributed by atoms with Crippen LogP contribution in [0.15, 0.2) is 36.5 Å². The molecule has 1 atom stereocenters. The molecule has 1 aromatic heterocycles. The highest BCUT2D eigenvalue weighted by atomic mass is 35.5. The van der Waals surface area contributed by atoms with Gasteiger partial charge in [0.15, 0.2) is 0 Å². The van der Waals surface area contributed by atoms with E-state index in [-0.39, 0.29) is 11.8 Å². The Balaban J connectivity index is 2.00. The van der Waals surface area contributed by atoms with Crippen LogP contribution in [0.2, 0.25) is 10.0 Å². The molecule has 1 amide bonds. The van der Waals surface area contributed by atoms with Gasteiger partial charge in [0.2, 0.25) is 11.8 Å². The Kier molecular flexibility index (Phi) is 6.21. The van der Waals surface area contributed by atoms with Crippen molar-refractivity contribution in [3.05, 3.63) is 46.6 Å². The van der Waals surface area contributed by atoms with E-state index in [1.165, 1.54) is 6.20 Å². The molecule has 0 saturated carbocycles. The van der Waals surface area contributed by atoms with E-state index < -0.39 is 6.04 Å². The lowest BCUT2D eigenvalue weighted by Gasteiger charge is -2.12. The molecule has 1 heterocycles. The van der Waals surface area contributed by atoms with Crippen molar-refractivity contribution in [2.45, 2.75) is 25.8 Å². The maximum absolute atomic E-state index is 11.8. The third-order valence-electron chi connectivity index (χ3n) is 3.05. The zero-order chi connectivity index (χ0) is 16.8. The molecule has 0 aliphatic carbocycles. The normalized spacial score (nSPS) is 11.8. The zero-order valence-electron chi connectivity index (χ0n) is 12.6. The van der Waals surface area contributed by atoms with Gasteiger partial charge in [0.25, 0.3) is 0 Å². The maximum atomic E-state index is 11.8. The number of ether oxygens (including phenoxy) is 1. The van der Waals surface area contributed by atoms with Crippen LogP contribution in [0, 0.1) is 0 Å². The highest BCUT2D eigenvalue weighted by Crippen LogP contribution is 2.29. The zero-order valence-corrected chi connectivity index (χ0v) is 14.1. The number of carbonyl (C=O) groups is 1. The predicted octanol–water partition coefficient (Wildman–Crippen LogP) is 4.25. The summed E-state index contributed by atoms with van der Waals surface area (Å²) in [7, 11) is 0. The summed E-state index contributed by atoms with van der Waals surface area (Å²) >= 11 is 11.8. The molecule has 1 unspecified atom stereocenters. The standard InChI is InChI=1S/C16H17Cl2N3O2/c1-2-3-14(19)15(22)21-11-4-6-12(7-5-11)23-16-13(18)8-10(17)9-20-16/h4-9,14H,2-3,19H2,1H3,(H,21,22). The van der Waals surface area contributed by atoms with Crippen LogP contribution in [0.1, 0.15) is 19.8 Å². The van der Waals surface area contributed by atoms with Crippen LogP contribution in [0.4, 0.5) is 5.69 Å². The number of hydrogen-bond donors (Lipinski definition) is 2. The van der Waals surface area contributed by atoms with Crippen LogP contribution >= 0.6 is 23.2 Å². The third kappa shape index (κ3) is 5.10. The monoisotopic (exact) mass is 353 g/mol. The highest BCUT2D eigenvalue weighted by molar-refractivity contribution is 6.35. The van der Waals surface area contributed by atoms with Gasteiger partial charge in [0.1, 0.15) is 10.8 Å². The number of halogens is 2. The molecule has 23 heavy (non-hydrogen) atoms. The molecule has 3 N–H and O–H groups in total. The highest BCUT2D eigenvalue weighted by Gasteiger charge is 2.12. The van der Waals surface area contributed by atoms with E-state index in [4.69, 9.17) is 33.7 Å². The maximum Gasteiger partial charge on any atom is 0.241 e. The number of hydrogen-bond acceptors (Lipinski definition) is 4. The molecule has 0 spiro atoms. The Labute approximate surface area is 144 Å². The van der Waals surface area contributed by atoms with Gasteiger partial charge in [-0.15, -0.1) is 0 Å². The fourth-order valence-electron chi connectivity index (χ4n) is 1.87. The lowest BCUT2D eigenvalue weighted by Crippen LogP contribution is -2.35. The van der Waals surface area contributed by atoms with Crippen LogP contribution in [-0.4, -0.2) is 16.9 Å². The van der Waals surface area contributed by atoms with E-state index in [0.29, 0.717) is 27.9 Å². The lowest BCUT2D eigenvalue weighted by molar-refractivity contribution is -0.117. The van der Waals surface area contributed by atoms with Crippen molar-refractivity contribution in [3.63, 3.8) is 0 Å². The number of nitrogens with one attached hydrogen (secondary N) is 1. The summed E-state index contributed by atoms with van der Waals surface area (Å²) in [5.74, 6) is 0.596. The van der Waals surface area contributed by atoms with Gasteiger partial charge in [0, 0.05) is 11.9 Å². The Morgan fingerprint density at radius 3 is 2.65 bits per heavy atom. The number of rotatable bonds is 6. The van der Waals surface area contributed by atoms with Crippen LogP contribution in [0.3, 0.4) is 0 Å². The summed E-state index contributed by atoms with van der Waals surface area (Å²) in [6.07, 6.45) is 2.95. The summed E-state index contributed by atoms with van der Waals surface area (Å²) in [6, 6.07) is 7.88. The first-order chi connectivity index (χ1) is 11.0. The smallest absolute Gasteiger partial charge is 0.241 e. The Morgan fingerprint density at radius 1 is 1.35 bits per heavy atom. The largest absolute Gasteiger partial charge is 0.438 e. The van der Waals surface area contributed by atoms with Crippen molar-refractivity contribution in [2.24, 2.45) is 5.73 Å². The molecule has 122 valence electrons. The van der Waals surface area contributed by atoms with E-state index in [9.17, 15) is 4.79 Å². The molecule has 1 aromatic carbocycles. The fraction of sp³-hybridized carbons (Fsp3) is 0.250. The number of benzene rings is 1. The van der Waals surface area contributed by atoms with Crippen molar-refractivity contribution in [2.75, 3.05) is 5.32 Å². The quantitative estimate of drug-likeness (QED) is 0.813. The molecule has 0 bridgehead atoms. The number of aromatic nitrogens is 1. The molecule has 2 aromatic rings. The van der Waals surface area contributed by atoms with Crippen LogP contribution in [0.25, 0.3) is 0 Å². The Hall–Kier alpha value is -1.82. The number of pyridine rings is 1. The first kappa shape index (κ1) is 17.5. The van der Waals surface area contributed by atoms with Crippen molar-refractivity contribution >= 4 is 34.8 Å². The van der Waals surface area contributed by atoms with E-state index in [1.54, 1.807) is 30.3 Å². The predicted molar refractivity (Wildman–Crippen MR) is 92.3 cm³/mol. The van der Waals surface area contributed by atoms with Gasteiger partial charge >= 0.3 is 0 Å². The number of amides is 1. The molecule has 2 rings (SSSR count). The summed E-state index contributed by atoms with van der Waals surface area (Å²) in [4.78, 5) is 15.9. The summed E-state index contributed by atoms with van der Waals surface area (Å²) in [6.45, 7) is 1.98.